The minimum Gasteiger partial charge on any atom is -0.489 e. The van der Waals surface area contributed by atoms with Crippen molar-refractivity contribution in [2.24, 2.45) is 5.92 Å². The quantitative estimate of drug-likeness (QED) is 0.659. The lowest BCUT2D eigenvalue weighted by Gasteiger charge is -2.37. The van der Waals surface area contributed by atoms with Gasteiger partial charge in [-0.2, -0.15) is 0 Å². The molecule has 0 aromatic carbocycles. The maximum Gasteiger partial charge on any atom is 0.222 e. The Kier molecular flexibility index (Phi) is 7.67. The van der Waals surface area contributed by atoms with Crippen molar-refractivity contribution in [2.75, 3.05) is 44.2 Å². The highest BCUT2D eigenvalue weighted by molar-refractivity contribution is 5.76. The Morgan fingerprint density at radius 2 is 2.03 bits per heavy atom. The van der Waals surface area contributed by atoms with E-state index < -0.39 is 6.10 Å². The number of aliphatic hydroxyl groups is 1. The molecule has 2 N–H and O–H groups in total. The van der Waals surface area contributed by atoms with Crippen LogP contribution in [0.4, 0.5) is 5.82 Å². The molecule has 7 heteroatoms. The molecule has 1 aliphatic carbocycles. The molecule has 1 atom stereocenters. The maximum absolute atomic E-state index is 12.0. The van der Waals surface area contributed by atoms with Crippen LogP contribution in [0.2, 0.25) is 0 Å². The first-order valence-electron chi connectivity index (χ1n) is 12.2. The van der Waals surface area contributed by atoms with Gasteiger partial charge in [0.1, 0.15) is 0 Å². The molecule has 4 rings (SSSR count). The summed E-state index contributed by atoms with van der Waals surface area (Å²) < 4.78 is 5.84. The summed E-state index contributed by atoms with van der Waals surface area (Å²) in [6, 6.07) is 2.37. The van der Waals surface area contributed by atoms with Crippen LogP contribution >= 0.6 is 0 Å². The minimum atomic E-state index is -0.511. The lowest BCUT2D eigenvalue weighted by atomic mass is 9.84. The molecule has 1 amide bonds. The van der Waals surface area contributed by atoms with Crippen LogP contribution in [0.3, 0.4) is 0 Å². The zero-order chi connectivity index (χ0) is 21.6. The normalized spacial score (nSPS) is 25.0. The molecule has 0 radical (unpaired) electrons. The van der Waals surface area contributed by atoms with Crippen molar-refractivity contribution in [3.63, 3.8) is 0 Å². The summed E-state index contributed by atoms with van der Waals surface area (Å²) >= 11 is 0. The van der Waals surface area contributed by atoms with Gasteiger partial charge in [-0.3, -0.25) is 9.69 Å². The van der Waals surface area contributed by atoms with Crippen LogP contribution in [-0.4, -0.2) is 72.4 Å². The third-order valence-corrected chi connectivity index (χ3v) is 7.21. The summed E-state index contributed by atoms with van der Waals surface area (Å²) in [5.74, 6) is 2.80. The third-order valence-electron chi connectivity index (χ3n) is 7.21. The van der Waals surface area contributed by atoms with Crippen molar-refractivity contribution >= 4 is 11.7 Å². The van der Waals surface area contributed by atoms with Gasteiger partial charge >= 0.3 is 0 Å². The number of fused-ring (bicyclic) bond motifs is 1. The monoisotopic (exact) mass is 430 g/mol. The van der Waals surface area contributed by atoms with Crippen LogP contribution in [-0.2, 0) is 11.2 Å². The second kappa shape index (κ2) is 10.6. The second-order valence-electron chi connectivity index (χ2n) is 9.39. The first-order valence-corrected chi connectivity index (χ1v) is 12.2. The summed E-state index contributed by atoms with van der Waals surface area (Å²) in [5, 5.41) is 12.8. The maximum atomic E-state index is 12.0. The number of carbonyl (C=O) groups is 1. The van der Waals surface area contributed by atoms with Gasteiger partial charge in [-0.25, -0.2) is 4.98 Å². The molecular formula is C24H38N4O3. The number of amides is 1. The SMILES string of the molecule is CC[C@H](O)CC(=O)N[C@H]1CC[C@H](CCN2CCN(c3nccc4c3OCC4)CC2)CC1. The highest BCUT2D eigenvalue weighted by Gasteiger charge is 2.26. The van der Waals surface area contributed by atoms with Gasteiger partial charge in [0.25, 0.3) is 0 Å². The fraction of sp³-hybridized carbons (Fsp3) is 0.750. The van der Waals surface area contributed by atoms with Crippen LogP contribution < -0.4 is 15.0 Å². The molecule has 1 saturated heterocycles. The molecule has 1 aromatic heterocycles. The Labute approximate surface area is 186 Å². The highest BCUT2D eigenvalue weighted by atomic mass is 16.5. The van der Waals surface area contributed by atoms with Gasteiger partial charge in [0.2, 0.25) is 5.91 Å². The summed E-state index contributed by atoms with van der Waals surface area (Å²) in [7, 11) is 0. The Bertz CT molecular complexity index is 728. The second-order valence-corrected chi connectivity index (χ2v) is 9.39. The van der Waals surface area contributed by atoms with E-state index in [1.807, 2.05) is 13.1 Å². The van der Waals surface area contributed by atoms with Gasteiger partial charge in [-0.15, -0.1) is 0 Å². The van der Waals surface area contributed by atoms with Crippen molar-refractivity contribution in [1.82, 2.24) is 15.2 Å². The molecular weight excluding hydrogens is 392 g/mol. The van der Waals surface area contributed by atoms with E-state index in [4.69, 9.17) is 4.74 Å². The van der Waals surface area contributed by atoms with Gasteiger partial charge in [-0.1, -0.05) is 6.92 Å². The van der Waals surface area contributed by atoms with Crippen LogP contribution in [0.25, 0.3) is 0 Å². The lowest BCUT2D eigenvalue weighted by Crippen LogP contribution is -2.47. The van der Waals surface area contributed by atoms with E-state index in [-0.39, 0.29) is 12.3 Å². The van der Waals surface area contributed by atoms with Gasteiger partial charge in [0.15, 0.2) is 11.6 Å². The number of nitrogens with zero attached hydrogens (tertiary/aromatic N) is 3. The molecule has 1 aromatic rings. The highest BCUT2D eigenvalue weighted by Crippen LogP contribution is 2.34. The predicted molar refractivity (Wildman–Crippen MR) is 122 cm³/mol. The molecule has 2 fully saturated rings. The average Bonchev–Trinajstić information content (AvgIpc) is 3.28. The molecule has 3 aliphatic rings. The van der Waals surface area contributed by atoms with Crippen molar-refractivity contribution in [3.8, 4) is 5.75 Å². The number of pyridine rings is 1. The molecule has 3 heterocycles. The van der Waals surface area contributed by atoms with Crippen molar-refractivity contribution in [1.29, 1.82) is 0 Å². The van der Waals surface area contributed by atoms with E-state index in [9.17, 15) is 9.90 Å². The fourth-order valence-electron chi connectivity index (χ4n) is 5.11. The smallest absolute Gasteiger partial charge is 0.222 e. The van der Waals surface area contributed by atoms with E-state index in [1.165, 1.54) is 24.8 Å². The molecule has 172 valence electrons. The zero-order valence-corrected chi connectivity index (χ0v) is 18.9. The number of carbonyl (C=O) groups excluding carboxylic acids is 1. The van der Waals surface area contributed by atoms with E-state index in [2.05, 4.69) is 26.2 Å². The minimum absolute atomic E-state index is 0.000352. The molecule has 7 nitrogen and oxygen atoms in total. The van der Waals surface area contributed by atoms with Crippen molar-refractivity contribution in [3.05, 3.63) is 17.8 Å². The summed E-state index contributed by atoms with van der Waals surface area (Å²) in [4.78, 5) is 21.6. The summed E-state index contributed by atoms with van der Waals surface area (Å²) in [6.07, 6.45) is 9.03. The number of nitrogens with one attached hydrogen (secondary N) is 1. The molecule has 2 aliphatic heterocycles. The fourth-order valence-corrected chi connectivity index (χ4v) is 5.11. The topological polar surface area (TPSA) is 77.9 Å². The number of aromatic nitrogens is 1. The zero-order valence-electron chi connectivity index (χ0n) is 18.9. The third kappa shape index (κ3) is 5.89. The average molecular weight is 431 g/mol. The molecule has 31 heavy (non-hydrogen) atoms. The number of ether oxygens (including phenoxy) is 1. The van der Waals surface area contributed by atoms with Crippen LogP contribution in [0, 0.1) is 5.92 Å². The first-order chi connectivity index (χ1) is 15.1. The van der Waals surface area contributed by atoms with Gasteiger partial charge in [-0.05, 0) is 57.1 Å². The number of anilines is 1. The van der Waals surface area contributed by atoms with Crippen LogP contribution in [0.5, 0.6) is 5.75 Å². The van der Waals surface area contributed by atoms with Crippen LogP contribution in [0.1, 0.15) is 57.4 Å². The number of rotatable bonds is 8. The van der Waals surface area contributed by atoms with Crippen molar-refractivity contribution in [2.45, 2.75) is 70.4 Å². The Morgan fingerprint density at radius 3 is 2.77 bits per heavy atom. The number of hydrogen-bond acceptors (Lipinski definition) is 6. The number of aliphatic hydroxyl groups excluding tert-OH is 1. The molecule has 0 unspecified atom stereocenters. The Balaban J connectivity index is 1.14. The number of piperazine rings is 1. The summed E-state index contributed by atoms with van der Waals surface area (Å²) in [6.45, 7) is 8.02. The van der Waals surface area contributed by atoms with Gasteiger partial charge in [0, 0.05) is 50.4 Å². The first kappa shape index (κ1) is 22.3. The van der Waals surface area contributed by atoms with E-state index in [0.29, 0.717) is 12.5 Å². The van der Waals surface area contributed by atoms with Gasteiger partial charge < -0.3 is 20.1 Å². The van der Waals surface area contributed by atoms with E-state index >= 15 is 0 Å². The molecule has 0 bridgehead atoms. The van der Waals surface area contributed by atoms with E-state index in [1.54, 1.807) is 0 Å². The number of hydrogen-bond donors (Lipinski definition) is 2. The van der Waals surface area contributed by atoms with Crippen LogP contribution in [0.15, 0.2) is 12.3 Å². The van der Waals surface area contributed by atoms with Crippen molar-refractivity contribution < 1.29 is 14.6 Å². The van der Waals surface area contributed by atoms with Gasteiger partial charge in [0.05, 0.1) is 19.1 Å². The Morgan fingerprint density at radius 1 is 1.26 bits per heavy atom. The predicted octanol–water partition coefficient (Wildman–Crippen LogP) is 2.36. The largest absolute Gasteiger partial charge is 0.489 e. The lowest BCUT2D eigenvalue weighted by molar-refractivity contribution is -0.124. The Hall–Kier alpha value is -1.86. The standard InChI is InChI=1S/C24H38N4O3/c1-2-21(29)17-22(30)26-20-5-3-18(4-6-20)8-11-27-12-14-28(15-13-27)24-23-19(7-10-25-24)9-16-31-23/h7,10,18,20-21,29H,2-6,8-9,11-17H2,1H3,(H,26,30)/t18-,20-,21-/m0/s1. The molecule has 0 spiro atoms. The summed E-state index contributed by atoms with van der Waals surface area (Å²) in [5.41, 5.74) is 1.29. The van der Waals surface area contributed by atoms with E-state index in [0.717, 1.165) is 76.1 Å². The molecule has 1 saturated carbocycles.